The molecule has 2 N–H and O–H groups in total. The van der Waals surface area contributed by atoms with Gasteiger partial charge in [0.2, 0.25) is 5.91 Å². The molecule has 0 bridgehead atoms. The van der Waals surface area contributed by atoms with Crippen molar-refractivity contribution >= 4 is 17.3 Å². The highest BCUT2D eigenvalue weighted by molar-refractivity contribution is 5.94. The number of aromatic nitrogens is 1. The second kappa shape index (κ2) is 6.14. The predicted molar refractivity (Wildman–Crippen MR) is 76.8 cm³/mol. The van der Waals surface area contributed by atoms with Crippen LogP contribution >= 0.6 is 0 Å². The van der Waals surface area contributed by atoms with Gasteiger partial charge in [0, 0.05) is 12.2 Å². The van der Waals surface area contributed by atoms with Gasteiger partial charge in [-0.2, -0.15) is 0 Å². The summed E-state index contributed by atoms with van der Waals surface area (Å²) in [6, 6.07) is 9.62. The molecule has 0 aliphatic heterocycles. The molecule has 1 amide bonds. The van der Waals surface area contributed by atoms with Crippen molar-refractivity contribution in [3.8, 4) is 0 Å². The van der Waals surface area contributed by atoms with E-state index in [2.05, 4.69) is 4.98 Å². The maximum absolute atomic E-state index is 13.8. The minimum absolute atomic E-state index is 0.114. The molecule has 104 valence electrons. The second-order valence-corrected chi connectivity index (χ2v) is 4.35. The van der Waals surface area contributed by atoms with Crippen LogP contribution in [0, 0.1) is 5.82 Å². The number of nitrogens with zero attached hydrogens (tertiary/aromatic N) is 2. The minimum Gasteiger partial charge on any atom is -0.397 e. The van der Waals surface area contributed by atoms with Crippen molar-refractivity contribution in [3.63, 3.8) is 0 Å². The number of benzene rings is 1. The maximum Gasteiger partial charge on any atom is 0.233 e. The molecule has 0 unspecified atom stereocenters. The lowest BCUT2D eigenvalue weighted by atomic mass is 10.2. The number of pyridine rings is 1. The smallest absolute Gasteiger partial charge is 0.233 e. The van der Waals surface area contributed by atoms with Crippen LogP contribution in [0.3, 0.4) is 0 Å². The topological polar surface area (TPSA) is 59.2 Å². The van der Waals surface area contributed by atoms with Gasteiger partial charge < -0.3 is 10.6 Å². The Balaban J connectivity index is 2.18. The Bertz CT molecular complexity index is 598. The average Bonchev–Trinajstić information content (AvgIpc) is 2.44. The molecule has 20 heavy (non-hydrogen) atoms. The third-order valence-electron chi connectivity index (χ3n) is 2.94. The minimum atomic E-state index is -0.409. The van der Waals surface area contributed by atoms with Gasteiger partial charge in [-0.25, -0.2) is 4.39 Å². The quantitative estimate of drug-likeness (QED) is 0.930. The average molecular weight is 273 g/mol. The number of carbonyl (C=O) groups is 1. The van der Waals surface area contributed by atoms with E-state index >= 15 is 0 Å². The van der Waals surface area contributed by atoms with Crippen LogP contribution in [0.5, 0.6) is 0 Å². The summed E-state index contributed by atoms with van der Waals surface area (Å²) >= 11 is 0. The summed E-state index contributed by atoms with van der Waals surface area (Å²) in [4.78, 5) is 17.8. The van der Waals surface area contributed by atoms with Gasteiger partial charge in [0.15, 0.2) is 0 Å². The van der Waals surface area contributed by atoms with Gasteiger partial charge in [0.05, 0.1) is 24.0 Å². The number of rotatable bonds is 4. The zero-order chi connectivity index (χ0) is 14.5. The Hall–Kier alpha value is -2.43. The number of halogens is 1. The van der Waals surface area contributed by atoms with Gasteiger partial charge in [-0.1, -0.05) is 12.1 Å². The number of likely N-dealkylation sites (N-methyl/N-ethyl adjacent to an activating group) is 1. The van der Waals surface area contributed by atoms with E-state index in [-0.39, 0.29) is 18.0 Å². The fourth-order valence-electron chi connectivity index (χ4n) is 1.94. The van der Waals surface area contributed by atoms with Crippen LogP contribution in [0.15, 0.2) is 42.6 Å². The molecule has 1 aromatic heterocycles. The van der Waals surface area contributed by atoms with Gasteiger partial charge in [-0.3, -0.25) is 9.78 Å². The number of para-hydroxylation sites is 1. The predicted octanol–water partition coefficient (Wildman–Crippen LogP) is 2.40. The number of hydrogen-bond acceptors (Lipinski definition) is 3. The molecular formula is C15H16FN3O. The second-order valence-electron chi connectivity index (χ2n) is 4.35. The number of nitrogens with two attached hydrogens (primary N) is 1. The number of anilines is 2. The van der Waals surface area contributed by atoms with Crippen LogP contribution in [0.4, 0.5) is 15.8 Å². The Morgan fingerprint density at radius 2 is 2.05 bits per heavy atom. The molecule has 1 heterocycles. The van der Waals surface area contributed by atoms with Crippen molar-refractivity contribution in [2.45, 2.75) is 13.3 Å². The first kappa shape index (κ1) is 14.0. The first-order chi connectivity index (χ1) is 9.61. The lowest BCUT2D eigenvalue weighted by Gasteiger charge is -2.21. The highest BCUT2D eigenvalue weighted by Crippen LogP contribution is 2.19. The first-order valence-electron chi connectivity index (χ1n) is 6.37. The number of carbonyl (C=O) groups excluding carboxylic acids is 1. The van der Waals surface area contributed by atoms with E-state index in [4.69, 9.17) is 5.73 Å². The van der Waals surface area contributed by atoms with Crippen LogP contribution in [0.1, 0.15) is 12.6 Å². The molecule has 0 saturated heterocycles. The molecule has 0 fully saturated rings. The van der Waals surface area contributed by atoms with Crippen LogP contribution in [-0.2, 0) is 11.2 Å². The summed E-state index contributed by atoms with van der Waals surface area (Å²) < 4.78 is 13.8. The van der Waals surface area contributed by atoms with E-state index in [9.17, 15) is 9.18 Å². The summed E-state index contributed by atoms with van der Waals surface area (Å²) in [5.74, 6) is -0.608. The van der Waals surface area contributed by atoms with Crippen molar-refractivity contribution in [2.75, 3.05) is 17.2 Å². The normalized spacial score (nSPS) is 10.3. The zero-order valence-electron chi connectivity index (χ0n) is 11.2. The number of amides is 1. The van der Waals surface area contributed by atoms with Crippen molar-refractivity contribution in [1.29, 1.82) is 0 Å². The van der Waals surface area contributed by atoms with E-state index in [1.54, 1.807) is 37.3 Å². The van der Waals surface area contributed by atoms with Crippen LogP contribution in [0.2, 0.25) is 0 Å². The molecule has 1 aromatic carbocycles. The Morgan fingerprint density at radius 1 is 1.30 bits per heavy atom. The molecule has 0 aliphatic rings. The lowest BCUT2D eigenvalue weighted by Crippen LogP contribution is -2.32. The monoisotopic (exact) mass is 273 g/mol. The fraction of sp³-hybridized carbons (Fsp3) is 0.200. The van der Waals surface area contributed by atoms with Gasteiger partial charge in [-0.15, -0.1) is 0 Å². The van der Waals surface area contributed by atoms with E-state index in [0.717, 1.165) is 0 Å². The summed E-state index contributed by atoms with van der Waals surface area (Å²) in [6.07, 6.45) is 1.62. The summed E-state index contributed by atoms with van der Waals surface area (Å²) in [7, 11) is 0. The van der Waals surface area contributed by atoms with Crippen LogP contribution in [0.25, 0.3) is 0 Å². The standard InChI is InChI=1S/C15H16FN3O/c1-2-19(14-6-4-3-5-13(14)16)15(20)9-12-8-7-11(17)10-18-12/h3-8,10H,2,9,17H2,1H3. The molecule has 0 atom stereocenters. The molecule has 0 aliphatic carbocycles. The molecule has 2 aromatic rings. The number of hydrogen-bond donors (Lipinski definition) is 1. The molecule has 0 radical (unpaired) electrons. The Labute approximate surface area is 117 Å². The zero-order valence-corrected chi connectivity index (χ0v) is 11.2. The van der Waals surface area contributed by atoms with Crippen molar-refractivity contribution < 1.29 is 9.18 Å². The Kier molecular flexibility index (Phi) is 4.30. The molecule has 0 spiro atoms. The van der Waals surface area contributed by atoms with Crippen LogP contribution in [-0.4, -0.2) is 17.4 Å². The molecule has 5 heteroatoms. The summed E-state index contributed by atoms with van der Waals surface area (Å²) in [5.41, 5.74) is 6.99. The highest BCUT2D eigenvalue weighted by Gasteiger charge is 2.17. The maximum atomic E-state index is 13.8. The van der Waals surface area contributed by atoms with Crippen LogP contribution < -0.4 is 10.6 Å². The van der Waals surface area contributed by atoms with E-state index < -0.39 is 5.82 Å². The van der Waals surface area contributed by atoms with Gasteiger partial charge in [-0.05, 0) is 31.2 Å². The molecule has 2 rings (SSSR count). The SMILES string of the molecule is CCN(C(=O)Cc1ccc(N)cn1)c1ccccc1F. The molecule has 0 saturated carbocycles. The third kappa shape index (κ3) is 3.12. The van der Waals surface area contributed by atoms with E-state index in [1.165, 1.54) is 17.2 Å². The number of nitrogen functional groups attached to an aromatic ring is 1. The van der Waals surface area contributed by atoms with E-state index in [1.807, 2.05) is 0 Å². The van der Waals surface area contributed by atoms with Crippen molar-refractivity contribution in [3.05, 3.63) is 54.1 Å². The molecular weight excluding hydrogens is 257 g/mol. The Morgan fingerprint density at radius 3 is 2.65 bits per heavy atom. The fourth-order valence-corrected chi connectivity index (χ4v) is 1.94. The first-order valence-corrected chi connectivity index (χ1v) is 6.37. The highest BCUT2D eigenvalue weighted by atomic mass is 19.1. The third-order valence-corrected chi connectivity index (χ3v) is 2.94. The largest absolute Gasteiger partial charge is 0.397 e. The van der Waals surface area contributed by atoms with Gasteiger partial charge >= 0.3 is 0 Å². The lowest BCUT2D eigenvalue weighted by molar-refractivity contribution is -0.118. The molecule has 4 nitrogen and oxygen atoms in total. The van der Waals surface area contributed by atoms with Gasteiger partial charge in [0.25, 0.3) is 0 Å². The van der Waals surface area contributed by atoms with E-state index in [0.29, 0.717) is 17.9 Å². The summed E-state index contributed by atoms with van der Waals surface area (Å²) in [6.45, 7) is 2.20. The summed E-state index contributed by atoms with van der Waals surface area (Å²) in [5, 5.41) is 0. The van der Waals surface area contributed by atoms with Crippen molar-refractivity contribution in [2.24, 2.45) is 0 Å². The van der Waals surface area contributed by atoms with Gasteiger partial charge in [0.1, 0.15) is 5.82 Å². The van der Waals surface area contributed by atoms with Crippen molar-refractivity contribution in [1.82, 2.24) is 4.98 Å².